The lowest BCUT2D eigenvalue weighted by atomic mass is 10.2. The number of pyridine rings is 1. The first-order valence-corrected chi connectivity index (χ1v) is 3.62. The monoisotopic (exact) mass is 206 g/mol. The van der Waals surface area contributed by atoms with E-state index in [2.05, 4.69) is 0 Å². The predicted molar refractivity (Wildman–Crippen MR) is 42.8 cm³/mol. The highest BCUT2D eigenvalue weighted by atomic mass is 19.4. The lowest BCUT2D eigenvalue weighted by Crippen LogP contribution is -2.16. The van der Waals surface area contributed by atoms with Gasteiger partial charge in [-0.25, -0.2) is 0 Å². The minimum Gasteiger partial charge on any atom is -0.503 e. The van der Waals surface area contributed by atoms with Gasteiger partial charge in [0.15, 0.2) is 5.75 Å². The number of halogens is 3. The normalized spacial score (nSPS) is 11.7. The van der Waals surface area contributed by atoms with Gasteiger partial charge in [-0.1, -0.05) is 0 Å². The highest BCUT2D eigenvalue weighted by Gasteiger charge is 2.31. The van der Waals surface area contributed by atoms with Crippen LogP contribution in [-0.2, 0) is 7.05 Å². The van der Waals surface area contributed by atoms with Crippen molar-refractivity contribution < 1.29 is 18.3 Å². The fourth-order valence-corrected chi connectivity index (χ4v) is 0.957. The quantitative estimate of drug-likeness (QED) is 0.750. The van der Waals surface area contributed by atoms with Crippen molar-refractivity contribution in [3.05, 3.63) is 34.6 Å². The molecule has 0 fully saturated rings. The molecule has 1 rings (SSSR count). The topological polar surface area (TPSA) is 42.2 Å². The minimum atomic E-state index is -4.57. The van der Waals surface area contributed by atoms with Gasteiger partial charge in [-0.15, -0.1) is 0 Å². The van der Waals surface area contributed by atoms with E-state index in [9.17, 15) is 18.0 Å². The third-order valence-electron chi connectivity index (χ3n) is 1.61. The molecule has 77 valence electrons. The molecule has 0 bridgehead atoms. The molecule has 0 spiro atoms. The summed E-state index contributed by atoms with van der Waals surface area (Å²) in [6.07, 6.45) is -3.54. The van der Waals surface area contributed by atoms with E-state index in [0.717, 1.165) is 16.8 Å². The molecule has 1 heterocycles. The van der Waals surface area contributed by atoms with Crippen LogP contribution in [-0.4, -0.2) is 15.8 Å². The van der Waals surface area contributed by atoms with Gasteiger partial charge < -0.3 is 9.67 Å². The van der Waals surface area contributed by atoms with Crippen molar-refractivity contribution in [3.8, 4) is 5.75 Å². The maximum atomic E-state index is 12.0. The second-order valence-electron chi connectivity index (χ2n) is 2.71. The standard InChI is InChI=1S/C8H7F3NO2/c1-12-3-2-6(13)7(14)5(12)4-8(9,10)11/h2-4,14H,1H3. The van der Waals surface area contributed by atoms with Crippen LogP contribution in [0, 0.1) is 6.42 Å². The summed E-state index contributed by atoms with van der Waals surface area (Å²) in [5.74, 6) is -0.896. The fourth-order valence-electron chi connectivity index (χ4n) is 0.957. The Kier molecular flexibility index (Phi) is 2.55. The largest absolute Gasteiger partial charge is 0.503 e. The molecule has 0 aromatic carbocycles. The predicted octanol–water partition coefficient (Wildman–Crippen LogP) is 1.21. The first kappa shape index (κ1) is 10.6. The third-order valence-corrected chi connectivity index (χ3v) is 1.61. The zero-order valence-electron chi connectivity index (χ0n) is 7.17. The lowest BCUT2D eigenvalue weighted by Gasteiger charge is -2.11. The van der Waals surface area contributed by atoms with Gasteiger partial charge in [0, 0.05) is 19.3 Å². The highest BCUT2D eigenvalue weighted by molar-refractivity contribution is 5.33. The number of rotatable bonds is 1. The van der Waals surface area contributed by atoms with Crippen LogP contribution in [0.25, 0.3) is 0 Å². The van der Waals surface area contributed by atoms with Gasteiger partial charge in [0.25, 0.3) is 0 Å². The molecule has 0 aliphatic carbocycles. The number of hydrogen-bond donors (Lipinski definition) is 1. The second kappa shape index (κ2) is 3.36. The minimum absolute atomic E-state index is 0.121. The summed E-state index contributed by atoms with van der Waals surface area (Å²) in [5, 5.41) is 9.08. The van der Waals surface area contributed by atoms with E-state index in [0.29, 0.717) is 0 Å². The molecule has 0 saturated carbocycles. The zero-order chi connectivity index (χ0) is 10.9. The van der Waals surface area contributed by atoms with Crippen molar-refractivity contribution in [2.45, 2.75) is 6.18 Å². The Morgan fingerprint density at radius 2 is 2.07 bits per heavy atom. The number of nitrogens with zero attached hydrogens (tertiary/aromatic N) is 1. The first-order chi connectivity index (χ1) is 6.31. The Labute approximate surface area is 77.4 Å². The molecule has 0 atom stereocenters. The van der Waals surface area contributed by atoms with Gasteiger partial charge in [-0.3, -0.25) is 4.79 Å². The fraction of sp³-hybridized carbons (Fsp3) is 0.250. The first-order valence-electron chi connectivity index (χ1n) is 3.62. The maximum Gasteiger partial charge on any atom is 0.398 e. The van der Waals surface area contributed by atoms with Crippen LogP contribution in [0.15, 0.2) is 17.1 Å². The van der Waals surface area contributed by atoms with Crippen molar-refractivity contribution in [2.75, 3.05) is 0 Å². The Bertz CT molecular complexity index is 395. The van der Waals surface area contributed by atoms with E-state index in [4.69, 9.17) is 5.11 Å². The highest BCUT2D eigenvalue weighted by Crippen LogP contribution is 2.26. The van der Waals surface area contributed by atoms with Crippen LogP contribution < -0.4 is 5.43 Å². The summed E-state index contributed by atoms with van der Waals surface area (Å²) in [7, 11) is 1.30. The summed E-state index contributed by atoms with van der Waals surface area (Å²) in [5.41, 5.74) is -1.39. The van der Waals surface area contributed by atoms with Crippen LogP contribution >= 0.6 is 0 Å². The summed E-state index contributed by atoms with van der Waals surface area (Å²) in [4.78, 5) is 10.8. The Morgan fingerprint density at radius 3 is 2.57 bits per heavy atom. The van der Waals surface area contributed by atoms with Gasteiger partial charge in [-0.05, 0) is 0 Å². The van der Waals surface area contributed by atoms with Crippen molar-refractivity contribution in [3.63, 3.8) is 0 Å². The van der Waals surface area contributed by atoms with Crippen molar-refractivity contribution in [2.24, 2.45) is 7.05 Å². The molecule has 0 aliphatic heterocycles. The van der Waals surface area contributed by atoms with Gasteiger partial charge in [0.2, 0.25) is 5.43 Å². The number of aryl methyl sites for hydroxylation is 1. The molecule has 0 aliphatic rings. The molecule has 0 amide bonds. The lowest BCUT2D eigenvalue weighted by molar-refractivity contribution is -0.0936. The van der Waals surface area contributed by atoms with E-state index in [1.54, 1.807) is 0 Å². The van der Waals surface area contributed by atoms with Gasteiger partial charge >= 0.3 is 6.18 Å². The van der Waals surface area contributed by atoms with Gasteiger partial charge in [0.1, 0.15) is 6.42 Å². The van der Waals surface area contributed by atoms with Crippen molar-refractivity contribution >= 4 is 0 Å². The Morgan fingerprint density at radius 1 is 1.50 bits per heavy atom. The van der Waals surface area contributed by atoms with Crippen LogP contribution in [0.1, 0.15) is 5.69 Å². The molecule has 6 heteroatoms. The number of aromatic nitrogens is 1. The van der Waals surface area contributed by atoms with Crippen molar-refractivity contribution in [1.29, 1.82) is 0 Å². The zero-order valence-corrected chi connectivity index (χ0v) is 7.17. The van der Waals surface area contributed by atoms with Gasteiger partial charge in [-0.2, -0.15) is 13.2 Å². The molecular weight excluding hydrogens is 199 g/mol. The molecule has 1 aromatic heterocycles. The summed E-state index contributed by atoms with van der Waals surface area (Å²) >= 11 is 0. The molecule has 1 aromatic rings. The Balaban J connectivity index is 3.20. The van der Waals surface area contributed by atoms with Crippen molar-refractivity contribution in [1.82, 2.24) is 4.57 Å². The van der Waals surface area contributed by atoms with E-state index < -0.39 is 23.0 Å². The number of hydrogen-bond acceptors (Lipinski definition) is 2. The third kappa shape index (κ3) is 2.27. The Hall–Kier alpha value is -1.46. The van der Waals surface area contributed by atoms with E-state index in [1.807, 2.05) is 0 Å². The summed E-state index contributed by atoms with van der Waals surface area (Å²) in [6, 6.07) is 0.989. The molecule has 14 heavy (non-hydrogen) atoms. The molecular formula is C8H7F3NO2. The van der Waals surface area contributed by atoms with Crippen LogP contribution in [0.3, 0.4) is 0 Å². The maximum absolute atomic E-state index is 12.0. The van der Waals surface area contributed by atoms with Crippen LogP contribution in [0.4, 0.5) is 13.2 Å². The van der Waals surface area contributed by atoms with Gasteiger partial charge in [0.05, 0.1) is 5.69 Å². The molecule has 0 saturated heterocycles. The molecule has 0 unspecified atom stereocenters. The summed E-state index contributed by atoms with van der Waals surface area (Å²) < 4.78 is 36.9. The molecule has 1 N–H and O–H groups in total. The molecule has 3 nitrogen and oxygen atoms in total. The number of alkyl halides is 3. The number of aromatic hydroxyl groups is 1. The van der Waals surface area contributed by atoms with E-state index >= 15 is 0 Å². The second-order valence-corrected chi connectivity index (χ2v) is 2.71. The van der Waals surface area contributed by atoms with E-state index in [1.165, 1.54) is 7.05 Å². The van der Waals surface area contributed by atoms with Crippen LogP contribution in [0.2, 0.25) is 0 Å². The molecule has 1 radical (unpaired) electrons. The van der Waals surface area contributed by atoms with E-state index in [-0.39, 0.29) is 6.42 Å². The van der Waals surface area contributed by atoms with Crippen LogP contribution in [0.5, 0.6) is 5.75 Å². The summed E-state index contributed by atoms with van der Waals surface area (Å²) in [6.45, 7) is 0. The SMILES string of the molecule is Cn1ccc(=O)c(O)c1[CH]C(F)(F)F. The average Bonchev–Trinajstić information content (AvgIpc) is 2.04. The smallest absolute Gasteiger partial charge is 0.398 e. The average molecular weight is 206 g/mol.